The van der Waals surface area contributed by atoms with Crippen LogP contribution in [0.15, 0.2) is 40.2 Å². The van der Waals surface area contributed by atoms with E-state index in [9.17, 15) is 14.4 Å². The second-order valence-electron chi connectivity index (χ2n) is 6.98. The van der Waals surface area contributed by atoms with Crippen LogP contribution in [0.2, 0.25) is 0 Å². The molecular weight excluding hydrogens is 376 g/mol. The average Bonchev–Trinajstić information content (AvgIpc) is 3.08. The van der Waals surface area contributed by atoms with E-state index in [1.807, 2.05) is 13.8 Å². The van der Waals surface area contributed by atoms with Crippen molar-refractivity contribution in [2.45, 2.75) is 33.9 Å². The van der Waals surface area contributed by atoms with Crippen LogP contribution in [0.25, 0.3) is 16.9 Å². The zero-order valence-corrected chi connectivity index (χ0v) is 16.9. The number of rotatable bonds is 7. The Hall–Kier alpha value is -3.36. The minimum Gasteiger partial charge on any atom is -0.497 e. The van der Waals surface area contributed by atoms with Crippen LogP contribution >= 0.6 is 0 Å². The van der Waals surface area contributed by atoms with Gasteiger partial charge in [0, 0.05) is 12.6 Å². The number of carbonyl (C=O) groups excluding carboxylic acids is 1. The number of nitrogens with zero attached hydrogens (tertiary/aromatic N) is 4. The van der Waals surface area contributed by atoms with Crippen LogP contribution in [-0.4, -0.2) is 38.4 Å². The Morgan fingerprint density at radius 3 is 2.66 bits per heavy atom. The van der Waals surface area contributed by atoms with Crippen molar-refractivity contribution < 1.29 is 14.3 Å². The summed E-state index contributed by atoms with van der Waals surface area (Å²) in [6.45, 7) is 5.85. The molecule has 9 heteroatoms. The van der Waals surface area contributed by atoms with Crippen molar-refractivity contribution in [3.05, 3.63) is 51.4 Å². The number of carbonyl (C=O) groups is 1. The van der Waals surface area contributed by atoms with Crippen LogP contribution in [0.4, 0.5) is 0 Å². The van der Waals surface area contributed by atoms with Crippen molar-refractivity contribution in [1.82, 2.24) is 18.7 Å². The zero-order valence-electron chi connectivity index (χ0n) is 16.9. The monoisotopic (exact) mass is 400 g/mol. The van der Waals surface area contributed by atoms with Gasteiger partial charge in [0.2, 0.25) is 0 Å². The van der Waals surface area contributed by atoms with Gasteiger partial charge in [-0.1, -0.05) is 19.9 Å². The zero-order chi connectivity index (χ0) is 21.1. The molecular formula is C20H24N4O5. The Morgan fingerprint density at radius 1 is 1.24 bits per heavy atom. The third-order valence-electron chi connectivity index (χ3n) is 4.36. The predicted octanol–water partition coefficient (Wildman–Crippen LogP) is 1.58. The quantitative estimate of drug-likeness (QED) is 0.559. The summed E-state index contributed by atoms with van der Waals surface area (Å²) in [4.78, 5) is 42.6. The number of fused-ring (bicyclic) bond motifs is 1. The summed E-state index contributed by atoms with van der Waals surface area (Å²) in [6, 6.07) is 6.93. The lowest BCUT2D eigenvalue weighted by atomic mass is 10.2. The first-order valence-electron chi connectivity index (χ1n) is 9.38. The molecule has 2 aromatic heterocycles. The molecule has 0 fully saturated rings. The standard InChI is InChI=1S/C20H24N4O5/c1-5-29-16(25)11-22-12-21-18-17(22)19(26)23(10-13(2)3)20(27)24(18)14-7-6-8-15(9-14)28-4/h6-9,12-13H,5,10-11H2,1-4H3. The van der Waals surface area contributed by atoms with E-state index in [0.717, 1.165) is 0 Å². The van der Waals surface area contributed by atoms with Gasteiger partial charge in [-0.2, -0.15) is 0 Å². The van der Waals surface area contributed by atoms with E-state index in [1.54, 1.807) is 31.2 Å². The molecule has 0 saturated carbocycles. The highest BCUT2D eigenvalue weighted by Crippen LogP contribution is 2.18. The van der Waals surface area contributed by atoms with Gasteiger partial charge in [0.05, 0.1) is 25.7 Å². The minimum absolute atomic E-state index is 0.0676. The van der Waals surface area contributed by atoms with E-state index in [-0.39, 0.29) is 36.8 Å². The molecule has 0 atom stereocenters. The number of aromatic nitrogens is 4. The van der Waals surface area contributed by atoms with Gasteiger partial charge in [-0.05, 0) is 25.0 Å². The molecule has 0 saturated heterocycles. The fourth-order valence-electron chi connectivity index (χ4n) is 3.15. The van der Waals surface area contributed by atoms with Crippen LogP contribution in [0.5, 0.6) is 5.75 Å². The van der Waals surface area contributed by atoms with Gasteiger partial charge in [0.25, 0.3) is 5.56 Å². The summed E-state index contributed by atoms with van der Waals surface area (Å²) in [5, 5.41) is 0. The number of benzene rings is 1. The molecule has 1 aromatic carbocycles. The Balaban J connectivity index is 2.32. The smallest absolute Gasteiger partial charge is 0.337 e. The van der Waals surface area contributed by atoms with Gasteiger partial charge < -0.3 is 14.0 Å². The molecule has 3 rings (SSSR count). The van der Waals surface area contributed by atoms with Crippen molar-refractivity contribution >= 4 is 17.1 Å². The Morgan fingerprint density at radius 2 is 2.00 bits per heavy atom. The Labute approximate surface area is 167 Å². The first kappa shape index (κ1) is 20.4. The molecule has 3 aromatic rings. The molecule has 0 spiro atoms. The topological polar surface area (TPSA) is 97.4 Å². The number of hydrogen-bond donors (Lipinski definition) is 0. The van der Waals surface area contributed by atoms with Crippen LogP contribution in [0.1, 0.15) is 20.8 Å². The summed E-state index contributed by atoms with van der Waals surface area (Å²) < 4.78 is 14.2. The molecule has 2 heterocycles. The first-order chi connectivity index (χ1) is 13.9. The Kier molecular flexibility index (Phi) is 5.86. The molecule has 29 heavy (non-hydrogen) atoms. The van der Waals surface area contributed by atoms with Crippen LogP contribution in [0, 0.1) is 5.92 Å². The lowest BCUT2D eigenvalue weighted by molar-refractivity contribution is -0.143. The maximum absolute atomic E-state index is 13.2. The molecule has 9 nitrogen and oxygen atoms in total. The summed E-state index contributed by atoms with van der Waals surface area (Å²) >= 11 is 0. The third-order valence-corrected chi connectivity index (χ3v) is 4.36. The van der Waals surface area contributed by atoms with Gasteiger partial charge in [-0.15, -0.1) is 0 Å². The van der Waals surface area contributed by atoms with Gasteiger partial charge >= 0.3 is 11.7 Å². The summed E-state index contributed by atoms with van der Waals surface area (Å²) in [5.41, 5.74) is -0.123. The maximum Gasteiger partial charge on any atom is 0.337 e. The number of esters is 1. The molecule has 0 bridgehead atoms. The van der Waals surface area contributed by atoms with E-state index in [0.29, 0.717) is 11.4 Å². The van der Waals surface area contributed by atoms with E-state index in [1.165, 1.54) is 27.1 Å². The van der Waals surface area contributed by atoms with Gasteiger partial charge in [0.1, 0.15) is 12.3 Å². The maximum atomic E-state index is 13.2. The fraction of sp³-hybridized carbons (Fsp3) is 0.400. The van der Waals surface area contributed by atoms with Crippen LogP contribution in [0.3, 0.4) is 0 Å². The van der Waals surface area contributed by atoms with Crippen molar-refractivity contribution in [3.63, 3.8) is 0 Å². The van der Waals surface area contributed by atoms with Gasteiger partial charge in [0.15, 0.2) is 11.2 Å². The predicted molar refractivity (Wildman–Crippen MR) is 108 cm³/mol. The van der Waals surface area contributed by atoms with Crippen molar-refractivity contribution in [2.75, 3.05) is 13.7 Å². The lowest BCUT2D eigenvalue weighted by Gasteiger charge is -2.14. The molecule has 0 amide bonds. The minimum atomic E-state index is -0.495. The van der Waals surface area contributed by atoms with Gasteiger partial charge in [-0.25, -0.2) is 14.3 Å². The fourth-order valence-corrected chi connectivity index (χ4v) is 3.15. The van der Waals surface area contributed by atoms with E-state index >= 15 is 0 Å². The summed E-state index contributed by atoms with van der Waals surface area (Å²) in [5.74, 6) is 0.147. The third kappa shape index (κ3) is 3.94. The van der Waals surface area contributed by atoms with E-state index in [4.69, 9.17) is 9.47 Å². The molecule has 154 valence electrons. The highest BCUT2D eigenvalue weighted by atomic mass is 16.5. The molecule has 0 unspecified atom stereocenters. The second kappa shape index (κ2) is 8.34. The van der Waals surface area contributed by atoms with Crippen LogP contribution in [-0.2, 0) is 22.6 Å². The van der Waals surface area contributed by atoms with Crippen LogP contribution < -0.4 is 16.0 Å². The number of imidazole rings is 1. The number of methoxy groups -OCH3 is 1. The molecule has 0 aliphatic rings. The SMILES string of the molecule is CCOC(=O)Cn1cnc2c1c(=O)n(CC(C)C)c(=O)n2-c1cccc(OC)c1. The highest BCUT2D eigenvalue weighted by molar-refractivity contribution is 5.76. The summed E-state index contributed by atoms with van der Waals surface area (Å²) in [6.07, 6.45) is 1.37. The van der Waals surface area contributed by atoms with Crippen molar-refractivity contribution in [2.24, 2.45) is 5.92 Å². The largest absolute Gasteiger partial charge is 0.497 e. The molecule has 0 aliphatic carbocycles. The second-order valence-corrected chi connectivity index (χ2v) is 6.98. The normalized spacial score (nSPS) is 11.2. The van der Waals surface area contributed by atoms with Crippen molar-refractivity contribution in [3.8, 4) is 11.4 Å². The van der Waals surface area contributed by atoms with Gasteiger partial charge in [-0.3, -0.25) is 14.2 Å². The number of ether oxygens (including phenoxy) is 2. The highest BCUT2D eigenvalue weighted by Gasteiger charge is 2.21. The van der Waals surface area contributed by atoms with Crippen molar-refractivity contribution in [1.29, 1.82) is 0 Å². The number of hydrogen-bond acceptors (Lipinski definition) is 6. The Bertz CT molecular complexity index is 1160. The van der Waals surface area contributed by atoms with E-state index in [2.05, 4.69) is 4.98 Å². The molecule has 0 N–H and O–H groups in total. The first-order valence-corrected chi connectivity index (χ1v) is 9.38. The summed E-state index contributed by atoms with van der Waals surface area (Å²) in [7, 11) is 1.53. The van der Waals surface area contributed by atoms with E-state index < -0.39 is 17.2 Å². The lowest BCUT2D eigenvalue weighted by Crippen LogP contribution is -2.41. The molecule has 0 aliphatic heterocycles. The average molecular weight is 400 g/mol. The molecule has 0 radical (unpaired) electrons.